The van der Waals surface area contributed by atoms with E-state index >= 15 is 0 Å². The first-order valence-corrected chi connectivity index (χ1v) is 12.1. The van der Waals surface area contributed by atoms with Gasteiger partial charge in [-0.05, 0) is 52.4 Å². The fourth-order valence-corrected chi connectivity index (χ4v) is 3.92. The molecule has 1 aliphatic rings. The molecule has 6 nitrogen and oxygen atoms in total. The summed E-state index contributed by atoms with van der Waals surface area (Å²) in [4.78, 5) is 23.7. The van der Waals surface area contributed by atoms with E-state index in [-0.39, 0.29) is 23.8 Å². The molecule has 5 atom stereocenters. The highest BCUT2D eigenvalue weighted by atomic mass is 16.5. The molecule has 0 aliphatic heterocycles. The highest BCUT2D eigenvalue weighted by Crippen LogP contribution is 2.39. The molecule has 0 amide bonds. The summed E-state index contributed by atoms with van der Waals surface area (Å²) >= 11 is 0. The molecule has 2 N–H and O–H groups in total. The van der Waals surface area contributed by atoms with Crippen molar-refractivity contribution in [3.8, 4) is 0 Å². The first-order valence-electron chi connectivity index (χ1n) is 12.1. The van der Waals surface area contributed by atoms with Gasteiger partial charge in [0.15, 0.2) is 0 Å². The Bertz CT molecular complexity index is 618. The zero-order valence-corrected chi connectivity index (χ0v) is 20.6. The van der Waals surface area contributed by atoms with Gasteiger partial charge in [0.2, 0.25) is 0 Å². The molecule has 1 rings (SSSR count). The van der Waals surface area contributed by atoms with Crippen molar-refractivity contribution in [2.75, 3.05) is 7.11 Å². The van der Waals surface area contributed by atoms with Crippen LogP contribution in [0, 0.1) is 17.3 Å². The maximum Gasteiger partial charge on any atom is 0.311 e. The summed E-state index contributed by atoms with van der Waals surface area (Å²) in [5.41, 5.74) is -0.615. The number of allylic oxidation sites excluding steroid dienone is 2. The highest BCUT2D eigenvalue weighted by Gasteiger charge is 2.43. The van der Waals surface area contributed by atoms with Gasteiger partial charge in [0.1, 0.15) is 6.10 Å². The van der Waals surface area contributed by atoms with E-state index in [1.165, 1.54) is 7.11 Å². The van der Waals surface area contributed by atoms with E-state index < -0.39 is 23.7 Å². The molecular formula is C26H44O6. The van der Waals surface area contributed by atoms with Crippen LogP contribution in [0.25, 0.3) is 0 Å². The average molecular weight is 453 g/mol. The number of esters is 2. The summed E-state index contributed by atoms with van der Waals surface area (Å²) in [7, 11) is 1.39. The molecule has 184 valence electrons. The number of rotatable bonds is 13. The van der Waals surface area contributed by atoms with Crippen LogP contribution in [0.5, 0.6) is 0 Å². The van der Waals surface area contributed by atoms with E-state index in [2.05, 4.69) is 11.7 Å². The fraction of sp³-hybridized carbons (Fsp3) is 0.769. The summed E-state index contributed by atoms with van der Waals surface area (Å²) in [6.07, 6.45) is 13.0. The highest BCUT2D eigenvalue weighted by molar-refractivity contribution is 5.75. The Morgan fingerprint density at radius 1 is 1.16 bits per heavy atom. The minimum absolute atomic E-state index is 0.0938. The lowest BCUT2D eigenvalue weighted by Gasteiger charge is -2.25. The SMILES string of the molecule is CCCCCC(O)/C=C/C1C(OC(=O)C(C)(C)C)CC(O)C1C/C=C/CCCC(=O)OC. The van der Waals surface area contributed by atoms with Gasteiger partial charge in [-0.15, -0.1) is 0 Å². The first kappa shape index (κ1) is 28.4. The quantitative estimate of drug-likeness (QED) is 0.238. The van der Waals surface area contributed by atoms with Gasteiger partial charge in [-0.2, -0.15) is 0 Å². The van der Waals surface area contributed by atoms with Gasteiger partial charge in [-0.25, -0.2) is 0 Å². The van der Waals surface area contributed by atoms with Crippen LogP contribution in [-0.4, -0.2) is 47.6 Å². The number of carbonyl (C=O) groups is 2. The maximum atomic E-state index is 12.5. The van der Waals surface area contributed by atoms with Crippen LogP contribution in [0.15, 0.2) is 24.3 Å². The van der Waals surface area contributed by atoms with E-state index in [9.17, 15) is 19.8 Å². The molecule has 1 fully saturated rings. The number of carbonyl (C=O) groups excluding carboxylic acids is 2. The van der Waals surface area contributed by atoms with Gasteiger partial charge in [-0.1, -0.05) is 50.5 Å². The Balaban J connectivity index is 2.80. The van der Waals surface area contributed by atoms with Crippen molar-refractivity contribution < 1.29 is 29.3 Å². The Labute approximate surface area is 194 Å². The molecule has 0 bridgehead atoms. The third-order valence-corrected chi connectivity index (χ3v) is 5.98. The van der Waals surface area contributed by atoms with Crippen LogP contribution in [-0.2, 0) is 19.1 Å². The Morgan fingerprint density at radius 2 is 1.88 bits per heavy atom. The second-order valence-electron chi connectivity index (χ2n) is 9.86. The van der Waals surface area contributed by atoms with E-state index in [1.807, 2.05) is 39.0 Å². The lowest BCUT2D eigenvalue weighted by Crippen LogP contribution is -2.31. The molecule has 0 aromatic carbocycles. The third kappa shape index (κ3) is 10.3. The number of ether oxygens (including phenoxy) is 2. The average Bonchev–Trinajstić information content (AvgIpc) is 3.02. The van der Waals surface area contributed by atoms with Gasteiger partial charge in [0, 0.05) is 18.8 Å². The minimum Gasteiger partial charge on any atom is -0.469 e. The van der Waals surface area contributed by atoms with Gasteiger partial charge < -0.3 is 19.7 Å². The van der Waals surface area contributed by atoms with E-state index in [1.54, 1.807) is 6.08 Å². The van der Waals surface area contributed by atoms with Crippen LogP contribution in [0.3, 0.4) is 0 Å². The molecule has 1 aliphatic carbocycles. The topological polar surface area (TPSA) is 93.1 Å². The predicted molar refractivity (Wildman–Crippen MR) is 126 cm³/mol. The standard InChI is InChI=1S/C26H44O6/c1-6-7-10-13-19(27)16-17-21-20(14-11-8-9-12-15-24(29)31-5)22(28)18-23(21)32-25(30)26(2,3)4/h8,11,16-17,19-23,27-28H,6-7,9-10,12-15,18H2,1-5H3/b11-8+,17-16+. The van der Waals surface area contributed by atoms with Crippen molar-refractivity contribution in [2.24, 2.45) is 17.3 Å². The van der Waals surface area contributed by atoms with Crippen molar-refractivity contribution in [3.63, 3.8) is 0 Å². The number of aliphatic hydroxyl groups excluding tert-OH is 2. The summed E-state index contributed by atoms with van der Waals surface area (Å²) in [5, 5.41) is 21.0. The summed E-state index contributed by atoms with van der Waals surface area (Å²) < 4.78 is 10.4. The molecule has 32 heavy (non-hydrogen) atoms. The second-order valence-corrected chi connectivity index (χ2v) is 9.86. The first-order chi connectivity index (χ1) is 15.1. The zero-order valence-electron chi connectivity index (χ0n) is 20.6. The van der Waals surface area contributed by atoms with E-state index in [0.717, 1.165) is 32.1 Å². The zero-order chi connectivity index (χ0) is 24.1. The fourth-order valence-electron chi connectivity index (χ4n) is 3.92. The molecule has 0 aromatic rings. The van der Waals surface area contributed by atoms with E-state index in [4.69, 9.17) is 4.74 Å². The predicted octanol–water partition coefficient (Wildman–Crippen LogP) is 4.73. The molecule has 0 saturated heterocycles. The van der Waals surface area contributed by atoms with Crippen LogP contribution >= 0.6 is 0 Å². The van der Waals surface area contributed by atoms with Gasteiger partial charge in [0.05, 0.1) is 24.7 Å². The number of methoxy groups -OCH3 is 1. The summed E-state index contributed by atoms with van der Waals surface area (Å²) in [5.74, 6) is -0.744. The smallest absolute Gasteiger partial charge is 0.311 e. The number of unbranched alkanes of at least 4 members (excludes halogenated alkanes) is 3. The van der Waals surface area contributed by atoms with Crippen molar-refractivity contribution in [3.05, 3.63) is 24.3 Å². The molecule has 0 heterocycles. The normalized spacial score (nSPS) is 24.8. The largest absolute Gasteiger partial charge is 0.469 e. The molecule has 0 radical (unpaired) electrons. The summed E-state index contributed by atoms with van der Waals surface area (Å²) in [6.45, 7) is 7.58. The maximum absolute atomic E-state index is 12.5. The van der Waals surface area contributed by atoms with Crippen LogP contribution < -0.4 is 0 Å². The van der Waals surface area contributed by atoms with Crippen LogP contribution in [0.4, 0.5) is 0 Å². The minimum atomic E-state index is -0.615. The lowest BCUT2D eigenvalue weighted by atomic mass is 9.89. The Hall–Kier alpha value is -1.66. The summed E-state index contributed by atoms with van der Waals surface area (Å²) in [6, 6.07) is 0. The van der Waals surface area contributed by atoms with Gasteiger partial charge >= 0.3 is 11.9 Å². The lowest BCUT2D eigenvalue weighted by molar-refractivity contribution is -0.160. The molecule has 5 unspecified atom stereocenters. The van der Waals surface area contributed by atoms with Crippen LogP contribution in [0.2, 0.25) is 0 Å². The second kappa shape index (κ2) is 14.5. The molecule has 6 heteroatoms. The molecule has 0 spiro atoms. The van der Waals surface area contributed by atoms with Gasteiger partial charge in [0.25, 0.3) is 0 Å². The molecular weight excluding hydrogens is 408 g/mol. The number of hydrogen-bond acceptors (Lipinski definition) is 6. The Kier molecular flexibility index (Phi) is 12.8. The molecule has 0 aromatic heterocycles. The number of hydrogen-bond donors (Lipinski definition) is 2. The van der Waals surface area contributed by atoms with Crippen molar-refractivity contribution >= 4 is 11.9 Å². The van der Waals surface area contributed by atoms with E-state index in [0.29, 0.717) is 25.7 Å². The van der Waals surface area contributed by atoms with Crippen molar-refractivity contribution in [2.45, 2.75) is 104 Å². The monoisotopic (exact) mass is 452 g/mol. The van der Waals surface area contributed by atoms with Gasteiger partial charge in [-0.3, -0.25) is 9.59 Å². The molecule has 1 saturated carbocycles. The third-order valence-electron chi connectivity index (χ3n) is 5.98. The number of aliphatic hydroxyl groups is 2. The Morgan fingerprint density at radius 3 is 2.50 bits per heavy atom. The van der Waals surface area contributed by atoms with Crippen LogP contribution in [0.1, 0.15) is 85.5 Å². The van der Waals surface area contributed by atoms with Crippen molar-refractivity contribution in [1.29, 1.82) is 0 Å². The van der Waals surface area contributed by atoms with Crippen molar-refractivity contribution in [1.82, 2.24) is 0 Å².